The van der Waals surface area contributed by atoms with Gasteiger partial charge in [0.25, 0.3) is 0 Å². The minimum Gasteiger partial charge on any atom is -0.466 e. The van der Waals surface area contributed by atoms with E-state index >= 15 is 0 Å². The Labute approximate surface area is 437 Å². The molecule has 6 heteroatoms. The fraction of sp³-hybridized carbons (Fsp3) is 0.906. The molecule has 0 spiro atoms. The molecule has 0 aromatic heterocycles. The number of aliphatic hydroxyl groups excluding tert-OH is 2. The van der Waals surface area contributed by atoms with Crippen molar-refractivity contribution >= 4 is 11.9 Å². The predicted octanol–water partition coefficient (Wildman–Crippen LogP) is 19.8. The fourth-order valence-electron chi connectivity index (χ4n) is 9.87. The smallest absolute Gasteiger partial charge is 0.305 e. The van der Waals surface area contributed by atoms with Crippen LogP contribution in [0.2, 0.25) is 0 Å². The Morgan fingerprint density at radius 3 is 1.01 bits per heavy atom. The lowest BCUT2D eigenvalue weighted by Crippen LogP contribution is -2.45. The second-order valence-electron chi connectivity index (χ2n) is 21.7. The molecule has 0 aliphatic rings. The monoisotopic (exact) mass is 986 g/mol. The quantitative estimate of drug-likeness (QED) is 0.0321. The highest BCUT2D eigenvalue weighted by Crippen LogP contribution is 2.18. The molecule has 0 heterocycles. The van der Waals surface area contributed by atoms with Crippen LogP contribution in [0.4, 0.5) is 0 Å². The number of amides is 1. The Bertz CT molecular complexity index is 1090. The van der Waals surface area contributed by atoms with E-state index in [1.807, 2.05) is 0 Å². The van der Waals surface area contributed by atoms with Gasteiger partial charge < -0.3 is 20.3 Å². The topological polar surface area (TPSA) is 95.9 Å². The molecule has 70 heavy (non-hydrogen) atoms. The van der Waals surface area contributed by atoms with Gasteiger partial charge in [0, 0.05) is 12.8 Å². The number of aliphatic hydroxyl groups is 2. The molecule has 0 fully saturated rings. The van der Waals surface area contributed by atoms with Gasteiger partial charge in [0.1, 0.15) is 0 Å². The van der Waals surface area contributed by atoms with Crippen molar-refractivity contribution in [2.75, 3.05) is 13.2 Å². The van der Waals surface area contributed by atoms with Crippen molar-refractivity contribution in [3.63, 3.8) is 0 Å². The van der Waals surface area contributed by atoms with Crippen molar-refractivity contribution in [3.05, 3.63) is 24.3 Å². The molecule has 2 unspecified atom stereocenters. The minimum atomic E-state index is -0.673. The largest absolute Gasteiger partial charge is 0.466 e. The van der Waals surface area contributed by atoms with E-state index in [1.54, 1.807) is 0 Å². The number of carbonyl (C=O) groups excluding carboxylic acids is 2. The van der Waals surface area contributed by atoms with Crippen molar-refractivity contribution in [3.8, 4) is 0 Å². The van der Waals surface area contributed by atoms with Gasteiger partial charge in [0.05, 0.1) is 25.4 Å². The summed E-state index contributed by atoms with van der Waals surface area (Å²) in [6.45, 7) is 4.96. The van der Waals surface area contributed by atoms with E-state index in [1.165, 1.54) is 257 Å². The fourth-order valence-corrected chi connectivity index (χ4v) is 9.87. The number of allylic oxidation sites excluding steroid dienone is 4. The van der Waals surface area contributed by atoms with Gasteiger partial charge in [-0.05, 0) is 77.0 Å². The Kier molecular flexibility index (Phi) is 58.5. The van der Waals surface area contributed by atoms with E-state index in [0.29, 0.717) is 25.9 Å². The Balaban J connectivity index is 3.44. The first kappa shape index (κ1) is 68.3. The molecule has 0 aliphatic heterocycles. The first-order chi connectivity index (χ1) is 34.5. The number of hydrogen-bond donors (Lipinski definition) is 3. The van der Waals surface area contributed by atoms with Crippen LogP contribution in [0.3, 0.4) is 0 Å². The lowest BCUT2D eigenvalue weighted by atomic mass is 10.0. The summed E-state index contributed by atoms with van der Waals surface area (Å²) < 4.78 is 5.49. The Hall–Kier alpha value is -1.66. The molecule has 1 amide bonds. The number of unbranched alkanes of at least 4 members (excludes halogenated alkanes) is 44. The van der Waals surface area contributed by atoms with Crippen molar-refractivity contribution < 1.29 is 24.5 Å². The molecule has 414 valence electrons. The maximum atomic E-state index is 12.5. The molecule has 0 aromatic carbocycles. The summed E-state index contributed by atoms with van der Waals surface area (Å²) in [7, 11) is 0. The summed E-state index contributed by atoms with van der Waals surface area (Å²) >= 11 is 0. The zero-order valence-electron chi connectivity index (χ0n) is 47.3. The Morgan fingerprint density at radius 1 is 0.386 bits per heavy atom. The van der Waals surface area contributed by atoms with Crippen molar-refractivity contribution in [1.82, 2.24) is 5.32 Å². The highest BCUT2D eigenvalue weighted by molar-refractivity contribution is 5.76. The van der Waals surface area contributed by atoms with E-state index in [9.17, 15) is 19.8 Å². The molecule has 6 nitrogen and oxygen atoms in total. The van der Waals surface area contributed by atoms with E-state index in [2.05, 4.69) is 43.5 Å². The van der Waals surface area contributed by atoms with Crippen molar-refractivity contribution in [2.45, 2.75) is 360 Å². The van der Waals surface area contributed by atoms with Crippen LogP contribution in [0, 0.1) is 0 Å². The van der Waals surface area contributed by atoms with E-state index in [0.717, 1.165) is 57.8 Å². The van der Waals surface area contributed by atoms with Crippen LogP contribution in [0.1, 0.15) is 348 Å². The van der Waals surface area contributed by atoms with Gasteiger partial charge in [-0.25, -0.2) is 0 Å². The highest BCUT2D eigenvalue weighted by atomic mass is 16.5. The summed E-state index contributed by atoms with van der Waals surface area (Å²) in [5.41, 5.74) is 0. The van der Waals surface area contributed by atoms with Gasteiger partial charge in [-0.2, -0.15) is 0 Å². The maximum Gasteiger partial charge on any atom is 0.305 e. The molecule has 0 saturated heterocycles. The zero-order chi connectivity index (χ0) is 50.7. The van der Waals surface area contributed by atoms with Crippen LogP contribution in [0.5, 0.6) is 0 Å². The molecule has 2 atom stereocenters. The van der Waals surface area contributed by atoms with Crippen molar-refractivity contribution in [1.29, 1.82) is 0 Å². The zero-order valence-corrected chi connectivity index (χ0v) is 47.3. The molecule has 0 bridgehead atoms. The van der Waals surface area contributed by atoms with Gasteiger partial charge in [0.15, 0.2) is 0 Å². The van der Waals surface area contributed by atoms with Crippen LogP contribution in [0.15, 0.2) is 24.3 Å². The second-order valence-corrected chi connectivity index (χ2v) is 21.7. The molecule has 0 aliphatic carbocycles. The number of nitrogens with one attached hydrogen (secondary N) is 1. The van der Waals surface area contributed by atoms with E-state index < -0.39 is 12.1 Å². The molecule has 0 aromatic rings. The van der Waals surface area contributed by atoms with Gasteiger partial charge in [0.2, 0.25) is 5.91 Å². The average Bonchev–Trinajstić information content (AvgIpc) is 3.36. The van der Waals surface area contributed by atoms with E-state index in [4.69, 9.17) is 4.74 Å². The van der Waals surface area contributed by atoms with E-state index in [-0.39, 0.29) is 18.5 Å². The van der Waals surface area contributed by atoms with Crippen molar-refractivity contribution in [2.24, 2.45) is 0 Å². The summed E-state index contributed by atoms with van der Waals surface area (Å²) in [4.78, 5) is 24.6. The van der Waals surface area contributed by atoms with Crippen LogP contribution < -0.4 is 5.32 Å². The molecule has 0 saturated carbocycles. The van der Waals surface area contributed by atoms with Gasteiger partial charge in [-0.15, -0.1) is 0 Å². The number of ether oxygens (including phenoxy) is 1. The average molecular weight is 987 g/mol. The summed E-state index contributed by atoms with van der Waals surface area (Å²) in [5, 5.41) is 23.3. The number of rotatable bonds is 59. The van der Waals surface area contributed by atoms with Crippen LogP contribution in [-0.4, -0.2) is 47.4 Å². The summed E-state index contributed by atoms with van der Waals surface area (Å²) in [5.74, 6) is -0.0464. The molecule has 0 rings (SSSR count). The molecular weight excluding hydrogens is 863 g/mol. The standard InChI is InChI=1S/C64H123NO5/c1-3-5-7-9-11-13-15-17-19-21-25-28-32-36-40-44-48-52-56-62(67)61(60-66)65-63(68)57-53-49-45-41-37-33-29-26-22-23-27-31-35-39-43-47-51-55-59-70-64(69)58-54-50-46-42-38-34-30-24-20-18-16-14-12-10-8-6-4-2/h18,20,26,29,61-62,66-67H,3-17,19,21-25,27-28,30-60H2,1-2H3,(H,65,68)/b20-18-,29-26-. The Morgan fingerprint density at radius 2 is 0.671 bits per heavy atom. The second kappa shape index (κ2) is 59.9. The normalized spacial score (nSPS) is 12.7. The van der Waals surface area contributed by atoms with Gasteiger partial charge in [-0.1, -0.05) is 282 Å². The summed E-state index contributed by atoms with van der Waals surface area (Å²) in [6.07, 6.45) is 73.2. The highest BCUT2D eigenvalue weighted by Gasteiger charge is 2.20. The molecular formula is C64H123NO5. The SMILES string of the molecule is CCCCCCCC/C=C\CCCCCCCCCC(=O)OCCCCCCCCCCC/C=C\CCCCCCCC(=O)NC(CO)C(O)CCCCCCCCCCCCCCCCCCCC. The first-order valence-electron chi connectivity index (χ1n) is 31.6. The van der Waals surface area contributed by atoms with Gasteiger partial charge in [-0.3, -0.25) is 9.59 Å². The number of carbonyl (C=O) groups is 2. The predicted molar refractivity (Wildman–Crippen MR) is 306 cm³/mol. The minimum absolute atomic E-state index is 0.000296. The third-order valence-corrected chi connectivity index (χ3v) is 14.7. The maximum absolute atomic E-state index is 12.5. The third kappa shape index (κ3) is 55.7. The third-order valence-electron chi connectivity index (χ3n) is 14.7. The molecule has 0 radical (unpaired) electrons. The van der Waals surface area contributed by atoms with Crippen LogP contribution in [0.25, 0.3) is 0 Å². The first-order valence-corrected chi connectivity index (χ1v) is 31.6. The van der Waals surface area contributed by atoms with Crippen LogP contribution in [-0.2, 0) is 14.3 Å². The van der Waals surface area contributed by atoms with Crippen LogP contribution >= 0.6 is 0 Å². The number of esters is 1. The number of hydrogen-bond acceptors (Lipinski definition) is 5. The summed E-state index contributed by atoms with van der Waals surface area (Å²) in [6, 6.07) is -0.552. The van der Waals surface area contributed by atoms with Gasteiger partial charge >= 0.3 is 5.97 Å². The lowest BCUT2D eigenvalue weighted by molar-refractivity contribution is -0.143. The molecule has 3 N–H and O–H groups in total. The lowest BCUT2D eigenvalue weighted by Gasteiger charge is -2.22.